The van der Waals surface area contributed by atoms with Crippen molar-refractivity contribution in [3.05, 3.63) is 22.4 Å². The fourth-order valence-corrected chi connectivity index (χ4v) is 2.31. The third kappa shape index (κ3) is 4.46. The number of amides is 1. The highest BCUT2D eigenvalue weighted by atomic mass is 32.1. The summed E-state index contributed by atoms with van der Waals surface area (Å²) in [5.41, 5.74) is 5.85. The number of carbonyl (C=O) groups is 1. The third-order valence-electron chi connectivity index (χ3n) is 2.75. The van der Waals surface area contributed by atoms with Gasteiger partial charge in [0, 0.05) is 18.0 Å². The average molecular weight is 255 g/mol. The molecule has 0 fully saturated rings. The number of rotatable bonds is 7. The zero-order valence-electron chi connectivity index (χ0n) is 10.5. The molecule has 17 heavy (non-hydrogen) atoms. The third-order valence-corrected chi connectivity index (χ3v) is 3.71. The fraction of sp³-hybridized carbons (Fsp3) is 0.583. The van der Waals surface area contributed by atoms with E-state index in [1.54, 1.807) is 0 Å². The maximum atomic E-state index is 11.8. The minimum absolute atomic E-state index is 0.0976. The lowest BCUT2D eigenvalue weighted by molar-refractivity contribution is -0.122. The van der Waals surface area contributed by atoms with Crippen LogP contribution in [0.1, 0.15) is 24.8 Å². The molecule has 1 aromatic rings. The lowest BCUT2D eigenvalue weighted by Gasteiger charge is -2.18. The molecule has 96 valence electrons. The summed E-state index contributed by atoms with van der Waals surface area (Å²) in [5.74, 6) is -0.0976. The van der Waals surface area contributed by atoms with Gasteiger partial charge in [-0.15, -0.1) is 11.3 Å². The van der Waals surface area contributed by atoms with Crippen LogP contribution in [0.25, 0.3) is 0 Å². The van der Waals surface area contributed by atoms with Crippen molar-refractivity contribution in [2.75, 3.05) is 26.2 Å². The maximum Gasteiger partial charge on any atom is 0.242 e. The number of nitrogens with two attached hydrogens (primary N) is 1. The number of hydrogen-bond donors (Lipinski definition) is 2. The lowest BCUT2D eigenvalue weighted by atomic mass is 10.2. The predicted molar refractivity (Wildman–Crippen MR) is 72.0 cm³/mol. The van der Waals surface area contributed by atoms with Crippen LogP contribution in [0, 0.1) is 0 Å². The van der Waals surface area contributed by atoms with Crippen LogP contribution in [0.3, 0.4) is 0 Å². The van der Waals surface area contributed by atoms with Gasteiger partial charge in [-0.2, -0.15) is 0 Å². The number of thiophene rings is 1. The highest BCUT2D eigenvalue weighted by Gasteiger charge is 2.15. The standard InChI is InChI=1S/C12H21N3OS/c1-3-15(4-2)8-7-14-12(16)11(13)10-6-5-9-17-10/h5-6,9,11H,3-4,7-8,13H2,1-2H3,(H,14,16). The average Bonchev–Trinajstić information content (AvgIpc) is 2.87. The molecule has 1 atom stereocenters. The predicted octanol–water partition coefficient (Wildman–Crippen LogP) is 1.21. The molecule has 0 aliphatic heterocycles. The maximum absolute atomic E-state index is 11.8. The molecule has 4 nitrogen and oxygen atoms in total. The van der Waals surface area contributed by atoms with Gasteiger partial charge in [0.2, 0.25) is 5.91 Å². The van der Waals surface area contributed by atoms with Crippen molar-refractivity contribution >= 4 is 17.2 Å². The molecule has 1 amide bonds. The lowest BCUT2D eigenvalue weighted by Crippen LogP contribution is -2.39. The van der Waals surface area contributed by atoms with Gasteiger partial charge >= 0.3 is 0 Å². The Morgan fingerprint density at radius 2 is 2.24 bits per heavy atom. The first kappa shape index (κ1) is 14.2. The van der Waals surface area contributed by atoms with E-state index in [4.69, 9.17) is 5.73 Å². The van der Waals surface area contributed by atoms with Gasteiger partial charge in [-0.25, -0.2) is 0 Å². The summed E-state index contributed by atoms with van der Waals surface area (Å²) in [5, 5.41) is 4.80. The van der Waals surface area contributed by atoms with E-state index in [9.17, 15) is 4.79 Å². The van der Waals surface area contributed by atoms with Crippen molar-refractivity contribution in [2.24, 2.45) is 5.73 Å². The van der Waals surface area contributed by atoms with Crippen LogP contribution in [0.2, 0.25) is 0 Å². The van der Waals surface area contributed by atoms with Gasteiger partial charge in [0.1, 0.15) is 6.04 Å². The van der Waals surface area contributed by atoms with Crippen molar-refractivity contribution in [1.82, 2.24) is 10.2 Å². The molecule has 1 heterocycles. The monoisotopic (exact) mass is 255 g/mol. The second-order valence-electron chi connectivity index (χ2n) is 3.81. The smallest absolute Gasteiger partial charge is 0.242 e. The molecule has 5 heteroatoms. The van der Waals surface area contributed by atoms with Crippen LogP contribution < -0.4 is 11.1 Å². The van der Waals surface area contributed by atoms with Crippen molar-refractivity contribution in [3.8, 4) is 0 Å². The molecule has 0 spiro atoms. The van der Waals surface area contributed by atoms with Crippen molar-refractivity contribution in [2.45, 2.75) is 19.9 Å². The SMILES string of the molecule is CCN(CC)CCNC(=O)C(N)c1cccs1. The van der Waals surface area contributed by atoms with E-state index in [1.165, 1.54) is 11.3 Å². The van der Waals surface area contributed by atoms with Crippen LogP contribution in [-0.4, -0.2) is 37.0 Å². The van der Waals surface area contributed by atoms with E-state index in [0.717, 1.165) is 24.5 Å². The van der Waals surface area contributed by atoms with Gasteiger partial charge in [-0.05, 0) is 24.5 Å². The Morgan fingerprint density at radius 3 is 2.76 bits per heavy atom. The summed E-state index contributed by atoms with van der Waals surface area (Å²) in [4.78, 5) is 14.9. The van der Waals surface area contributed by atoms with Crippen molar-refractivity contribution in [1.29, 1.82) is 0 Å². The molecule has 0 radical (unpaired) electrons. The Balaban J connectivity index is 2.30. The molecule has 0 bridgehead atoms. The van der Waals surface area contributed by atoms with E-state index in [-0.39, 0.29) is 5.91 Å². The van der Waals surface area contributed by atoms with Crippen LogP contribution >= 0.6 is 11.3 Å². The Kier molecular flexibility index (Phi) is 6.18. The number of nitrogens with one attached hydrogen (secondary N) is 1. The molecule has 0 saturated heterocycles. The molecule has 3 N–H and O–H groups in total. The van der Waals surface area contributed by atoms with Gasteiger partial charge in [-0.3, -0.25) is 4.79 Å². The highest BCUT2D eigenvalue weighted by molar-refractivity contribution is 7.10. The normalized spacial score (nSPS) is 12.7. The first-order valence-electron chi connectivity index (χ1n) is 5.98. The fourth-order valence-electron chi connectivity index (χ4n) is 1.58. The molecule has 0 saturated carbocycles. The summed E-state index contributed by atoms with van der Waals surface area (Å²) in [6, 6.07) is 3.26. The Labute approximate surface area is 107 Å². The zero-order valence-corrected chi connectivity index (χ0v) is 11.3. The quantitative estimate of drug-likeness (QED) is 0.770. The number of carbonyl (C=O) groups excluding carboxylic acids is 1. The summed E-state index contributed by atoms with van der Waals surface area (Å²) < 4.78 is 0. The highest BCUT2D eigenvalue weighted by Crippen LogP contribution is 2.16. The van der Waals surface area contributed by atoms with Crippen LogP contribution in [0.5, 0.6) is 0 Å². The zero-order chi connectivity index (χ0) is 12.7. The Bertz CT molecular complexity index is 323. The van der Waals surface area contributed by atoms with E-state index in [0.29, 0.717) is 6.54 Å². The number of hydrogen-bond acceptors (Lipinski definition) is 4. The topological polar surface area (TPSA) is 58.4 Å². The second kappa shape index (κ2) is 7.42. The molecule has 1 rings (SSSR count). The summed E-state index contributed by atoms with van der Waals surface area (Å²) in [7, 11) is 0. The number of nitrogens with zero attached hydrogens (tertiary/aromatic N) is 1. The van der Waals surface area contributed by atoms with E-state index in [1.807, 2.05) is 17.5 Å². The van der Waals surface area contributed by atoms with Crippen LogP contribution in [0.4, 0.5) is 0 Å². The minimum atomic E-state index is -0.535. The largest absolute Gasteiger partial charge is 0.353 e. The molecule has 0 aliphatic rings. The second-order valence-corrected chi connectivity index (χ2v) is 4.79. The Morgan fingerprint density at radius 1 is 1.53 bits per heavy atom. The van der Waals surface area contributed by atoms with Gasteiger partial charge in [0.15, 0.2) is 0 Å². The van der Waals surface area contributed by atoms with Crippen molar-refractivity contribution < 1.29 is 4.79 Å². The van der Waals surface area contributed by atoms with Crippen molar-refractivity contribution in [3.63, 3.8) is 0 Å². The van der Waals surface area contributed by atoms with Gasteiger partial charge in [0.05, 0.1) is 0 Å². The molecule has 1 aromatic heterocycles. The van der Waals surface area contributed by atoms with Gasteiger partial charge in [0.25, 0.3) is 0 Å². The van der Waals surface area contributed by atoms with Gasteiger partial charge in [-0.1, -0.05) is 19.9 Å². The van der Waals surface area contributed by atoms with Gasteiger partial charge < -0.3 is 16.0 Å². The van der Waals surface area contributed by atoms with Crippen LogP contribution in [0.15, 0.2) is 17.5 Å². The summed E-state index contributed by atoms with van der Waals surface area (Å²) in [6.07, 6.45) is 0. The summed E-state index contributed by atoms with van der Waals surface area (Å²) in [6.45, 7) is 7.76. The molecule has 0 aromatic carbocycles. The molecular weight excluding hydrogens is 234 g/mol. The molecular formula is C12H21N3OS. The molecule has 0 aliphatic carbocycles. The summed E-state index contributed by atoms with van der Waals surface area (Å²) >= 11 is 1.51. The molecule has 1 unspecified atom stereocenters. The Hall–Kier alpha value is -0.910. The van der Waals surface area contributed by atoms with E-state index < -0.39 is 6.04 Å². The first-order chi connectivity index (χ1) is 8.19. The number of likely N-dealkylation sites (N-methyl/N-ethyl adjacent to an activating group) is 1. The minimum Gasteiger partial charge on any atom is -0.353 e. The first-order valence-corrected chi connectivity index (χ1v) is 6.86. The van der Waals surface area contributed by atoms with E-state index in [2.05, 4.69) is 24.1 Å². The van der Waals surface area contributed by atoms with Crippen LogP contribution in [-0.2, 0) is 4.79 Å². The van der Waals surface area contributed by atoms with E-state index >= 15 is 0 Å².